The largest absolute Gasteiger partial charge is 0.378 e. The minimum Gasteiger partial charge on any atom is -0.378 e. The van der Waals surface area contributed by atoms with Gasteiger partial charge in [0, 0.05) is 28.0 Å². The third kappa shape index (κ3) is 2.53. The van der Waals surface area contributed by atoms with E-state index < -0.39 is 19.1 Å². The molecule has 84 valence electrons. The molecule has 1 aromatic carbocycles. The van der Waals surface area contributed by atoms with Crippen molar-refractivity contribution in [1.29, 1.82) is 0 Å². The number of anilines is 1. The monoisotopic (exact) mass is 213 g/mol. The SMILES string of the molecule is [2H]c1c(N(C)C)c([2H])c(C([2H])([2H])[2H])c(C(C)(C)C)c1C([2H])([2H])[2H]. The van der Waals surface area contributed by atoms with Crippen LogP contribution in [0.4, 0.5) is 5.69 Å². The first-order chi connectivity index (χ1) is 10.0. The van der Waals surface area contributed by atoms with Crippen molar-refractivity contribution in [2.45, 2.75) is 39.9 Å². The molecule has 0 amide bonds. The molecule has 0 saturated heterocycles. The molecule has 0 N–H and O–H groups in total. The highest BCUT2D eigenvalue weighted by atomic mass is 15.1. The molecule has 0 aliphatic carbocycles. The third-order valence-corrected chi connectivity index (χ3v) is 2.18. The van der Waals surface area contributed by atoms with Gasteiger partial charge in [-0.15, -0.1) is 0 Å². The molecule has 1 rings (SSSR count). The maximum absolute atomic E-state index is 8.29. The Balaban J connectivity index is 4.23. The van der Waals surface area contributed by atoms with Crippen LogP contribution in [-0.2, 0) is 5.41 Å². The van der Waals surface area contributed by atoms with Crippen LogP contribution in [0, 0.1) is 13.7 Å². The molecule has 0 aromatic heterocycles. The first-order valence-corrected chi connectivity index (χ1v) is 4.87. The van der Waals surface area contributed by atoms with Crippen molar-refractivity contribution in [2.75, 3.05) is 19.0 Å². The molecule has 1 heteroatoms. The molecule has 0 aliphatic heterocycles. The zero-order chi connectivity index (χ0) is 18.5. The highest BCUT2D eigenvalue weighted by molar-refractivity contribution is 5.54. The number of hydrogen-bond donors (Lipinski definition) is 0. The molecule has 0 unspecified atom stereocenters. The van der Waals surface area contributed by atoms with Crippen LogP contribution in [0.15, 0.2) is 12.1 Å². The van der Waals surface area contributed by atoms with E-state index in [0.717, 1.165) is 0 Å². The summed E-state index contributed by atoms with van der Waals surface area (Å²) in [6.45, 7) is -0.195. The van der Waals surface area contributed by atoms with E-state index in [0.29, 0.717) is 0 Å². The summed E-state index contributed by atoms with van der Waals surface area (Å²) in [6.07, 6.45) is 0. The molecule has 0 aliphatic rings. The van der Waals surface area contributed by atoms with Gasteiger partial charge in [0.25, 0.3) is 0 Å². The lowest BCUT2D eigenvalue weighted by molar-refractivity contribution is 0.582. The van der Waals surface area contributed by atoms with E-state index in [9.17, 15) is 0 Å². The first kappa shape index (κ1) is 4.90. The third-order valence-electron chi connectivity index (χ3n) is 2.18. The summed E-state index contributed by atoms with van der Waals surface area (Å²) >= 11 is 0. The van der Waals surface area contributed by atoms with Gasteiger partial charge >= 0.3 is 0 Å². The standard InChI is InChI=1S/C14H23N/c1-10-8-12(15(6)7)9-11(2)13(10)14(3,4)5/h8-9H,1-7H3/i1D3,2D3,8D,9D. The lowest BCUT2D eigenvalue weighted by Gasteiger charge is -2.26. The summed E-state index contributed by atoms with van der Waals surface area (Å²) in [5, 5.41) is 0. The molecule has 15 heavy (non-hydrogen) atoms. The number of hydrogen-bond acceptors (Lipinski definition) is 1. The highest BCUT2D eigenvalue weighted by Gasteiger charge is 2.19. The molecular formula is C14H23N. The van der Waals surface area contributed by atoms with Crippen molar-refractivity contribution in [1.82, 2.24) is 0 Å². The molecule has 0 atom stereocenters. The fourth-order valence-electron chi connectivity index (χ4n) is 1.49. The summed E-state index contributed by atoms with van der Waals surface area (Å²) in [7, 11) is 3.13. The van der Waals surface area contributed by atoms with Crippen molar-refractivity contribution in [3.05, 3.63) is 28.8 Å². The van der Waals surface area contributed by atoms with Gasteiger partial charge in [-0.3, -0.25) is 0 Å². The van der Waals surface area contributed by atoms with Gasteiger partial charge in [0.15, 0.2) is 0 Å². The topological polar surface area (TPSA) is 3.24 Å². The second kappa shape index (κ2) is 3.88. The Kier molecular flexibility index (Phi) is 1.27. The average Bonchev–Trinajstić information content (AvgIpc) is 2.21. The van der Waals surface area contributed by atoms with E-state index in [4.69, 9.17) is 11.0 Å². The van der Waals surface area contributed by atoms with Gasteiger partial charge in [-0.25, -0.2) is 0 Å². The van der Waals surface area contributed by atoms with E-state index in [1.54, 1.807) is 34.9 Å². The smallest absolute Gasteiger partial charge is 0.0648 e. The highest BCUT2D eigenvalue weighted by Crippen LogP contribution is 2.31. The van der Waals surface area contributed by atoms with Crippen LogP contribution < -0.4 is 4.90 Å². The molecule has 1 aromatic rings. The van der Waals surface area contributed by atoms with E-state index in [-0.39, 0.29) is 34.5 Å². The van der Waals surface area contributed by atoms with Crippen molar-refractivity contribution in [3.63, 3.8) is 0 Å². The van der Waals surface area contributed by atoms with Gasteiger partial charge < -0.3 is 4.90 Å². The summed E-state index contributed by atoms with van der Waals surface area (Å²) < 4.78 is 63.3. The molecule has 0 fully saturated rings. The van der Waals surface area contributed by atoms with Crippen LogP contribution >= 0.6 is 0 Å². The van der Waals surface area contributed by atoms with Gasteiger partial charge in [-0.05, 0) is 47.9 Å². The lowest BCUT2D eigenvalue weighted by Crippen LogP contribution is -2.17. The fraction of sp³-hybridized carbons (Fsp3) is 0.571. The van der Waals surface area contributed by atoms with Gasteiger partial charge in [0.2, 0.25) is 0 Å². The second-order valence-electron chi connectivity index (χ2n) is 4.87. The Morgan fingerprint density at radius 3 is 1.87 bits per heavy atom. The Bertz CT molecular complexity index is 564. The van der Waals surface area contributed by atoms with Crippen LogP contribution in [-0.4, -0.2) is 14.1 Å². The van der Waals surface area contributed by atoms with Gasteiger partial charge in [-0.1, -0.05) is 20.8 Å². The Labute approximate surface area is 105 Å². The van der Waals surface area contributed by atoms with Crippen molar-refractivity contribution < 1.29 is 11.0 Å². The zero-order valence-corrected chi connectivity index (χ0v) is 9.95. The van der Waals surface area contributed by atoms with Crippen LogP contribution in [0.25, 0.3) is 0 Å². The Morgan fingerprint density at radius 1 is 1.13 bits per heavy atom. The quantitative estimate of drug-likeness (QED) is 0.688. The maximum atomic E-state index is 8.29. The van der Waals surface area contributed by atoms with E-state index in [2.05, 4.69) is 0 Å². The van der Waals surface area contributed by atoms with Gasteiger partial charge in [-0.2, -0.15) is 0 Å². The van der Waals surface area contributed by atoms with Crippen LogP contribution in [0.2, 0.25) is 0 Å². The van der Waals surface area contributed by atoms with Crippen LogP contribution in [0.5, 0.6) is 0 Å². The van der Waals surface area contributed by atoms with Gasteiger partial charge in [0.1, 0.15) is 0 Å². The van der Waals surface area contributed by atoms with Crippen LogP contribution in [0.1, 0.15) is 48.4 Å². The predicted molar refractivity (Wildman–Crippen MR) is 68.9 cm³/mol. The Hall–Kier alpha value is -0.980. The molecule has 0 bridgehead atoms. The molecule has 0 heterocycles. The van der Waals surface area contributed by atoms with E-state index >= 15 is 0 Å². The van der Waals surface area contributed by atoms with Gasteiger partial charge in [0.05, 0.1) is 2.74 Å². The predicted octanol–water partition coefficient (Wildman–Crippen LogP) is 3.67. The molecular weight excluding hydrogens is 182 g/mol. The molecule has 0 saturated carbocycles. The molecule has 0 radical (unpaired) electrons. The average molecular weight is 213 g/mol. The summed E-state index contributed by atoms with van der Waals surface area (Å²) in [5.41, 5.74) is -1.33. The minimum atomic E-state index is -2.64. The number of rotatable bonds is 1. The maximum Gasteiger partial charge on any atom is 0.0648 e. The molecule has 1 nitrogen and oxygen atoms in total. The van der Waals surface area contributed by atoms with Crippen LogP contribution in [0.3, 0.4) is 0 Å². The lowest BCUT2D eigenvalue weighted by atomic mass is 9.81. The van der Waals surface area contributed by atoms with Crippen molar-refractivity contribution >= 4 is 5.69 Å². The summed E-state index contributed by atoms with van der Waals surface area (Å²) in [5.74, 6) is 0. The Morgan fingerprint density at radius 2 is 1.60 bits per heavy atom. The number of nitrogens with zero attached hydrogens (tertiary/aromatic N) is 1. The fourth-order valence-corrected chi connectivity index (χ4v) is 1.49. The first-order valence-electron chi connectivity index (χ1n) is 8.87. The van der Waals surface area contributed by atoms with Crippen molar-refractivity contribution in [2.24, 2.45) is 0 Å². The van der Waals surface area contributed by atoms with E-state index in [1.165, 1.54) is 4.90 Å². The number of benzene rings is 1. The second-order valence-corrected chi connectivity index (χ2v) is 4.87. The normalized spacial score (nSPS) is 21.1. The molecule has 0 spiro atoms. The minimum absolute atomic E-state index is 0.00949. The summed E-state index contributed by atoms with van der Waals surface area (Å²) in [6, 6.07) is -0.615. The van der Waals surface area contributed by atoms with E-state index in [1.807, 2.05) is 0 Å². The summed E-state index contributed by atoms with van der Waals surface area (Å²) in [4.78, 5) is 1.42. The zero-order valence-electron chi connectivity index (χ0n) is 17.9. The van der Waals surface area contributed by atoms with Crippen molar-refractivity contribution in [3.8, 4) is 0 Å².